The van der Waals surface area contributed by atoms with Gasteiger partial charge in [-0.05, 0) is 50.6 Å². The Hall–Kier alpha value is -3.60. The number of nitrogens with one attached hydrogen (secondary N) is 1. The number of hydrogen-bond donors (Lipinski definition) is 2. The first kappa shape index (κ1) is 21.6. The molecular weight excluding hydrogens is 435 g/mol. The molecule has 0 saturated carbocycles. The lowest BCUT2D eigenvalue weighted by molar-refractivity contribution is 0.176. The van der Waals surface area contributed by atoms with Crippen LogP contribution in [0, 0.1) is 19.7 Å². The van der Waals surface area contributed by atoms with Crippen LogP contribution in [0.2, 0.25) is 0 Å². The van der Waals surface area contributed by atoms with Crippen molar-refractivity contribution in [2.45, 2.75) is 26.9 Å². The predicted molar refractivity (Wildman–Crippen MR) is 120 cm³/mol. The van der Waals surface area contributed by atoms with Crippen LogP contribution in [0.25, 0.3) is 10.9 Å². The Morgan fingerprint density at radius 2 is 2.03 bits per heavy atom. The highest BCUT2D eigenvalue weighted by atomic mass is 32.2. The first-order valence-electron chi connectivity index (χ1n) is 9.71. The summed E-state index contributed by atoms with van der Waals surface area (Å²) in [5.74, 6) is 1.08. The monoisotopic (exact) mass is 456 g/mol. The number of halogens is 1. The number of ether oxygens (including phenoxy) is 1. The molecule has 166 valence electrons. The molecule has 0 aliphatic rings. The number of fused-ring (bicyclic) bond motifs is 1. The second-order valence-electron chi connectivity index (χ2n) is 7.15. The number of aryl methyl sites for hydroxylation is 2. The fourth-order valence-electron chi connectivity index (χ4n) is 3.23. The van der Waals surface area contributed by atoms with E-state index in [0.717, 1.165) is 10.9 Å². The summed E-state index contributed by atoms with van der Waals surface area (Å²) in [6.45, 7) is 5.32. The van der Waals surface area contributed by atoms with Crippen LogP contribution in [0.1, 0.15) is 30.3 Å². The van der Waals surface area contributed by atoms with Crippen molar-refractivity contribution in [3.05, 3.63) is 59.8 Å². The molecule has 2 unspecified atom stereocenters. The van der Waals surface area contributed by atoms with E-state index in [2.05, 4.69) is 29.8 Å². The molecule has 0 saturated heterocycles. The van der Waals surface area contributed by atoms with Gasteiger partial charge in [-0.15, -0.1) is 0 Å². The van der Waals surface area contributed by atoms with E-state index in [4.69, 9.17) is 9.26 Å². The molecule has 4 aromatic rings. The zero-order chi connectivity index (χ0) is 22.8. The van der Waals surface area contributed by atoms with Gasteiger partial charge < -0.3 is 14.6 Å². The first-order chi connectivity index (χ1) is 15.3. The highest BCUT2D eigenvalue weighted by Gasteiger charge is 2.18. The Balaban J connectivity index is 1.71. The molecule has 0 fully saturated rings. The van der Waals surface area contributed by atoms with E-state index in [9.17, 15) is 8.60 Å². The summed E-state index contributed by atoms with van der Waals surface area (Å²) < 4.78 is 40.7. The lowest BCUT2D eigenvalue weighted by atomic mass is 10.1. The Morgan fingerprint density at radius 1 is 1.22 bits per heavy atom. The fraction of sp³-hybridized carbons (Fsp3) is 0.238. The van der Waals surface area contributed by atoms with Crippen LogP contribution in [-0.4, -0.2) is 30.6 Å². The van der Waals surface area contributed by atoms with Gasteiger partial charge in [0.15, 0.2) is 11.9 Å². The van der Waals surface area contributed by atoms with E-state index in [1.54, 1.807) is 26.0 Å². The standard InChI is InChI=1S/C21H21FN6O3S/c1-11-7-15(28-32(4)29)9-17-19(11)20(24-10-23-17)26-16-6-5-14(22)8-18(16)30-12(2)21-25-13(3)27-31-21/h5-10,12,32H,1-4H3,(H,23,24,26). The molecular formula is C21H21FN6O3S. The number of benzene rings is 2. The van der Waals surface area contributed by atoms with E-state index < -0.39 is 22.5 Å². The largest absolute Gasteiger partial charge is 0.479 e. The molecule has 2 heterocycles. The van der Waals surface area contributed by atoms with Gasteiger partial charge in [0.2, 0.25) is 0 Å². The summed E-state index contributed by atoms with van der Waals surface area (Å²) in [6.07, 6.45) is 2.35. The molecule has 0 bridgehead atoms. The van der Waals surface area contributed by atoms with E-state index in [0.29, 0.717) is 28.5 Å². The second-order valence-corrected chi connectivity index (χ2v) is 8.28. The predicted octanol–water partition coefficient (Wildman–Crippen LogP) is 4.58. The molecule has 1 N–H and O–H groups in total. The average molecular weight is 457 g/mol. The molecule has 0 aliphatic heterocycles. The molecule has 2 atom stereocenters. The van der Waals surface area contributed by atoms with Gasteiger partial charge >= 0.3 is 0 Å². The Bertz CT molecular complexity index is 1380. The molecule has 11 heteroatoms. The van der Waals surface area contributed by atoms with Crippen LogP contribution >= 0.6 is 0 Å². The molecule has 2 aromatic carbocycles. The van der Waals surface area contributed by atoms with Crippen LogP contribution in [0.15, 0.2) is 45.5 Å². The molecule has 0 spiro atoms. The molecule has 0 amide bonds. The van der Waals surface area contributed by atoms with E-state index in [1.165, 1.54) is 24.7 Å². The second kappa shape index (κ2) is 8.87. The maximum Gasteiger partial charge on any atom is 0.267 e. The highest BCUT2D eigenvalue weighted by molar-refractivity contribution is 7.74. The Morgan fingerprint density at radius 3 is 2.75 bits per heavy atom. The fourth-order valence-corrected chi connectivity index (χ4v) is 3.67. The smallest absolute Gasteiger partial charge is 0.267 e. The molecule has 4 rings (SSSR count). The van der Waals surface area contributed by atoms with Gasteiger partial charge in [0.1, 0.15) is 23.7 Å². The van der Waals surface area contributed by atoms with Crippen LogP contribution in [0.3, 0.4) is 0 Å². The maximum atomic E-state index is 14.0. The van der Waals surface area contributed by atoms with Crippen LogP contribution in [-0.2, 0) is 10.6 Å². The number of thiol groups is 1. The molecule has 32 heavy (non-hydrogen) atoms. The average Bonchev–Trinajstić information content (AvgIpc) is 3.16. The minimum absolute atomic E-state index is 0.257. The molecule has 0 radical (unpaired) electrons. The first-order valence-corrected chi connectivity index (χ1v) is 11.4. The Labute approximate surface area is 185 Å². The zero-order valence-corrected chi connectivity index (χ0v) is 18.7. The van der Waals surface area contributed by atoms with Gasteiger partial charge in [0.05, 0.1) is 16.9 Å². The summed E-state index contributed by atoms with van der Waals surface area (Å²) in [4.78, 5) is 12.8. The highest BCUT2D eigenvalue weighted by Crippen LogP contribution is 2.35. The normalized spacial score (nSPS) is 13.3. The van der Waals surface area contributed by atoms with E-state index in [-0.39, 0.29) is 11.6 Å². The van der Waals surface area contributed by atoms with Crippen molar-refractivity contribution in [3.8, 4) is 5.75 Å². The summed E-state index contributed by atoms with van der Waals surface area (Å²) in [5.41, 5.74) is 2.56. The van der Waals surface area contributed by atoms with Crippen molar-refractivity contribution in [1.82, 2.24) is 20.1 Å². The zero-order valence-electron chi connectivity index (χ0n) is 17.8. The number of nitrogens with zero attached hydrogens (tertiary/aromatic N) is 5. The van der Waals surface area contributed by atoms with Crippen molar-refractivity contribution < 1.29 is 17.9 Å². The third-order valence-corrected chi connectivity index (χ3v) is 5.08. The van der Waals surface area contributed by atoms with E-state index in [1.807, 2.05) is 13.0 Å². The molecule has 9 nitrogen and oxygen atoms in total. The third kappa shape index (κ3) is 4.67. The molecule has 2 aromatic heterocycles. The van der Waals surface area contributed by atoms with Gasteiger partial charge in [-0.3, -0.25) is 4.21 Å². The third-order valence-electron chi connectivity index (χ3n) is 4.57. The number of hydrogen-bond acceptors (Lipinski definition) is 9. The minimum Gasteiger partial charge on any atom is -0.479 e. The topological polar surface area (TPSA) is 115 Å². The lowest BCUT2D eigenvalue weighted by Crippen LogP contribution is -2.06. The Kier molecular flexibility index (Phi) is 5.99. The van der Waals surface area contributed by atoms with E-state index >= 15 is 0 Å². The van der Waals surface area contributed by atoms with Crippen molar-refractivity contribution in [1.29, 1.82) is 0 Å². The van der Waals surface area contributed by atoms with Crippen LogP contribution in [0.5, 0.6) is 5.75 Å². The molecule has 0 aliphatic carbocycles. The minimum atomic E-state index is -1.68. The summed E-state index contributed by atoms with van der Waals surface area (Å²) >= 11 is 0. The number of anilines is 2. The van der Waals surface area contributed by atoms with Crippen molar-refractivity contribution in [2.24, 2.45) is 4.36 Å². The van der Waals surface area contributed by atoms with Crippen molar-refractivity contribution in [3.63, 3.8) is 0 Å². The van der Waals surface area contributed by atoms with Gasteiger partial charge in [-0.1, -0.05) is 5.16 Å². The maximum absolute atomic E-state index is 14.0. The van der Waals surface area contributed by atoms with Gasteiger partial charge in [0, 0.05) is 28.3 Å². The summed E-state index contributed by atoms with van der Waals surface area (Å²) in [6, 6.07) is 7.71. The quantitative estimate of drug-likeness (QED) is 0.405. The van der Waals surface area contributed by atoms with Crippen molar-refractivity contribution in [2.75, 3.05) is 11.6 Å². The summed E-state index contributed by atoms with van der Waals surface area (Å²) in [7, 11) is -1.68. The number of aromatic nitrogens is 4. The van der Waals surface area contributed by atoms with Crippen molar-refractivity contribution >= 4 is 38.7 Å². The van der Waals surface area contributed by atoms with Gasteiger partial charge in [0.25, 0.3) is 5.89 Å². The summed E-state index contributed by atoms with van der Waals surface area (Å²) in [5, 5.41) is 7.72. The van der Waals surface area contributed by atoms with Crippen LogP contribution in [0.4, 0.5) is 21.6 Å². The van der Waals surface area contributed by atoms with Gasteiger partial charge in [-0.2, -0.15) is 4.98 Å². The number of rotatable bonds is 6. The van der Waals surface area contributed by atoms with Crippen LogP contribution < -0.4 is 10.1 Å². The lowest BCUT2D eigenvalue weighted by Gasteiger charge is -2.17. The van der Waals surface area contributed by atoms with Gasteiger partial charge in [-0.25, -0.2) is 18.7 Å². The SMILES string of the molecule is Cc1noc(C(C)Oc2cc(F)ccc2Nc2ncnc3cc(/N=[SH](/C)=O)cc(C)c23)n1.